The van der Waals surface area contributed by atoms with Gasteiger partial charge in [-0.3, -0.25) is 0 Å². The Morgan fingerprint density at radius 2 is 0.897 bits per heavy atom. The minimum absolute atomic E-state index is 0. The fraction of sp³-hybridized carbons (Fsp3) is 0.500. The van der Waals surface area contributed by atoms with Crippen LogP contribution in [0.1, 0.15) is 77.3 Å². The molecular formula is C24H36O4Y. The summed E-state index contributed by atoms with van der Waals surface area (Å²) in [5, 5.41) is 18.0. The number of rotatable bonds is 8. The van der Waals surface area contributed by atoms with E-state index in [9.17, 15) is 0 Å². The molecule has 0 aromatic heterocycles. The summed E-state index contributed by atoms with van der Waals surface area (Å²) in [6.07, 6.45) is 0.779. The quantitative estimate of drug-likeness (QED) is 0.470. The largest absolute Gasteiger partial charge is 0.465 e. The van der Waals surface area contributed by atoms with Crippen molar-refractivity contribution in [3.05, 3.63) is 59.7 Å². The molecule has 0 aliphatic heterocycles. The second kappa shape index (κ2) is 15.0. The molecule has 0 saturated heterocycles. The zero-order chi connectivity index (χ0) is 21.1. The number of benzene rings is 2. The molecule has 0 bridgehead atoms. The third-order valence-corrected chi connectivity index (χ3v) is 4.74. The average Bonchev–Trinajstić information content (AvgIpc) is 2.67. The van der Waals surface area contributed by atoms with Crippen LogP contribution in [0.3, 0.4) is 0 Å². The van der Waals surface area contributed by atoms with Crippen LogP contribution in [-0.2, 0) is 32.7 Å². The maximum Gasteiger partial charge on any atom is 0.194 e. The molecule has 4 unspecified atom stereocenters. The van der Waals surface area contributed by atoms with Gasteiger partial charge in [0, 0.05) is 32.7 Å². The predicted octanol–water partition coefficient (Wildman–Crippen LogP) is 5.83. The van der Waals surface area contributed by atoms with Gasteiger partial charge < -0.3 is 19.7 Å². The van der Waals surface area contributed by atoms with E-state index in [0.717, 1.165) is 12.8 Å². The Kier molecular flexibility index (Phi) is 14.5. The van der Waals surface area contributed by atoms with Crippen LogP contribution in [0.25, 0.3) is 0 Å². The van der Waals surface area contributed by atoms with Crippen molar-refractivity contribution in [1.29, 1.82) is 0 Å². The average molecular weight is 477 g/mol. The summed E-state index contributed by atoms with van der Waals surface area (Å²) < 4.78 is 10.3. The van der Waals surface area contributed by atoms with E-state index in [1.807, 2.05) is 48.5 Å². The van der Waals surface area contributed by atoms with E-state index in [2.05, 4.69) is 27.7 Å². The minimum atomic E-state index is -0.746. The Hall–Kier alpha value is -0.936. The number of hydrogen-bond donors (Lipinski definition) is 2. The van der Waals surface area contributed by atoms with Crippen molar-refractivity contribution in [3.8, 4) is 11.5 Å². The third-order valence-electron chi connectivity index (χ3n) is 4.74. The summed E-state index contributed by atoms with van der Waals surface area (Å²) in [7, 11) is 0. The SMILES string of the molecule is CCC(C)c1ccc(OC(C)O)cc1.CCC(C)c1ccc(OC(C)O)cc1.[Y]. The second-order valence-electron chi connectivity index (χ2n) is 7.19. The molecule has 2 rings (SSSR count). The van der Waals surface area contributed by atoms with Gasteiger partial charge in [-0.2, -0.15) is 0 Å². The Morgan fingerprint density at radius 1 is 0.621 bits per heavy atom. The molecule has 0 spiro atoms. The number of hydrogen-bond acceptors (Lipinski definition) is 4. The number of aliphatic hydroxyl groups excluding tert-OH is 2. The molecule has 0 heterocycles. The van der Waals surface area contributed by atoms with Crippen molar-refractivity contribution >= 4 is 0 Å². The van der Waals surface area contributed by atoms with E-state index in [4.69, 9.17) is 19.7 Å². The summed E-state index contributed by atoms with van der Waals surface area (Å²) in [6, 6.07) is 15.8. The molecule has 0 fully saturated rings. The topological polar surface area (TPSA) is 58.9 Å². The first kappa shape index (κ1) is 28.1. The number of aliphatic hydroxyl groups is 2. The maximum absolute atomic E-state index is 9.01. The van der Waals surface area contributed by atoms with Gasteiger partial charge in [-0.25, -0.2) is 0 Å². The van der Waals surface area contributed by atoms with Gasteiger partial charge in [0.05, 0.1) is 0 Å². The van der Waals surface area contributed by atoms with E-state index in [-0.39, 0.29) is 32.7 Å². The molecule has 1 radical (unpaired) electrons. The van der Waals surface area contributed by atoms with E-state index in [1.54, 1.807) is 13.8 Å². The second-order valence-corrected chi connectivity index (χ2v) is 7.19. The van der Waals surface area contributed by atoms with Crippen molar-refractivity contribution in [2.75, 3.05) is 0 Å². The molecule has 2 N–H and O–H groups in total. The molecule has 159 valence electrons. The van der Waals surface area contributed by atoms with Gasteiger partial charge >= 0.3 is 0 Å². The van der Waals surface area contributed by atoms with Crippen LogP contribution < -0.4 is 9.47 Å². The monoisotopic (exact) mass is 477 g/mol. The third kappa shape index (κ3) is 11.1. The van der Waals surface area contributed by atoms with Crippen LogP contribution in [-0.4, -0.2) is 22.8 Å². The van der Waals surface area contributed by atoms with Crippen molar-refractivity contribution in [2.24, 2.45) is 0 Å². The summed E-state index contributed by atoms with van der Waals surface area (Å²) in [5.41, 5.74) is 2.62. The Bertz CT molecular complexity index is 594. The van der Waals surface area contributed by atoms with Gasteiger partial charge in [-0.05, 0) is 73.9 Å². The summed E-state index contributed by atoms with van der Waals surface area (Å²) >= 11 is 0. The first-order valence-electron chi connectivity index (χ1n) is 10.2. The fourth-order valence-electron chi connectivity index (χ4n) is 2.62. The summed E-state index contributed by atoms with van der Waals surface area (Å²) in [4.78, 5) is 0. The van der Waals surface area contributed by atoms with Gasteiger partial charge in [-0.1, -0.05) is 52.0 Å². The van der Waals surface area contributed by atoms with Crippen molar-refractivity contribution < 1.29 is 52.4 Å². The van der Waals surface area contributed by atoms with Crippen LogP contribution in [0.5, 0.6) is 11.5 Å². The van der Waals surface area contributed by atoms with E-state index >= 15 is 0 Å². The normalized spacial score (nSPS) is 14.3. The Morgan fingerprint density at radius 3 is 1.10 bits per heavy atom. The smallest absolute Gasteiger partial charge is 0.194 e. The molecule has 0 aliphatic rings. The van der Waals surface area contributed by atoms with E-state index < -0.39 is 12.6 Å². The number of ether oxygens (including phenoxy) is 2. The Balaban J connectivity index is 0.000000523. The molecule has 2 aromatic rings. The van der Waals surface area contributed by atoms with Gasteiger partial charge in [0.2, 0.25) is 0 Å². The van der Waals surface area contributed by atoms with Crippen LogP contribution >= 0.6 is 0 Å². The van der Waals surface area contributed by atoms with Crippen LogP contribution in [0.2, 0.25) is 0 Å². The molecule has 0 saturated carbocycles. The molecule has 0 aliphatic carbocycles. The standard InChI is InChI=1S/2C12H18O2.Y/c2*1-4-9(2)11-5-7-12(8-6-11)14-10(3)13;/h2*5-10,13H,4H2,1-3H3;. The van der Waals surface area contributed by atoms with E-state index in [1.165, 1.54) is 11.1 Å². The summed E-state index contributed by atoms with van der Waals surface area (Å²) in [5.74, 6) is 2.59. The van der Waals surface area contributed by atoms with Crippen LogP contribution in [0, 0.1) is 0 Å². The zero-order valence-corrected chi connectivity index (χ0v) is 21.5. The molecule has 2 aromatic carbocycles. The predicted molar refractivity (Wildman–Crippen MR) is 115 cm³/mol. The van der Waals surface area contributed by atoms with Crippen molar-refractivity contribution in [1.82, 2.24) is 0 Å². The van der Waals surface area contributed by atoms with Gasteiger partial charge in [0.25, 0.3) is 0 Å². The molecular weight excluding hydrogens is 441 g/mol. The molecule has 5 heteroatoms. The van der Waals surface area contributed by atoms with Gasteiger partial charge in [0.1, 0.15) is 11.5 Å². The maximum atomic E-state index is 9.01. The first-order chi connectivity index (χ1) is 13.3. The fourth-order valence-corrected chi connectivity index (χ4v) is 2.62. The molecule has 29 heavy (non-hydrogen) atoms. The van der Waals surface area contributed by atoms with Crippen LogP contribution in [0.4, 0.5) is 0 Å². The Labute approximate surface area is 201 Å². The van der Waals surface area contributed by atoms with Crippen molar-refractivity contribution in [3.63, 3.8) is 0 Å². The zero-order valence-electron chi connectivity index (χ0n) is 18.6. The van der Waals surface area contributed by atoms with Crippen LogP contribution in [0.15, 0.2) is 48.5 Å². The summed E-state index contributed by atoms with van der Waals surface area (Å²) in [6.45, 7) is 11.9. The van der Waals surface area contributed by atoms with Crippen molar-refractivity contribution in [2.45, 2.75) is 78.8 Å². The van der Waals surface area contributed by atoms with E-state index in [0.29, 0.717) is 23.3 Å². The minimum Gasteiger partial charge on any atom is -0.465 e. The van der Waals surface area contributed by atoms with Gasteiger partial charge in [0.15, 0.2) is 12.6 Å². The van der Waals surface area contributed by atoms with Gasteiger partial charge in [-0.15, -0.1) is 0 Å². The molecule has 4 atom stereocenters. The molecule has 4 nitrogen and oxygen atoms in total. The molecule has 0 amide bonds. The first-order valence-corrected chi connectivity index (χ1v) is 10.2.